The molecule has 0 bridgehead atoms. The lowest BCUT2D eigenvalue weighted by Gasteiger charge is -2.08. The molecule has 7 heteroatoms. The molecule has 1 heterocycles. The summed E-state index contributed by atoms with van der Waals surface area (Å²) in [5, 5.41) is 1.10. The maximum absolute atomic E-state index is 5.94. The minimum atomic E-state index is 0.0643. The number of nitrogen functional groups attached to an aromatic ring is 1. The zero-order valence-corrected chi connectivity index (χ0v) is 10.6. The van der Waals surface area contributed by atoms with Crippen LogP contribution in [0.4, 0.5) is 5.95 Å². The summed E-state index contributed by atoms with van der Waals surface area (Å²) in [6.45, 7) is 0. The molecular weight excluding hydrogens is 284 g/mol. The lowest BCUT2D eigenvalue weighted by atomic mass is 10.3. The number of anilines is 1. The summed E-state index contributed by atoms with van der Waals surface area (Å²) in [4.78, 5) is 7.57. The van der Waals surface area contributed by atoms with Gasteiger partial charge in [0.05, 0.1) is 11.2 Å². The fraction of sp³-hybridized carbons (Fsp3) is 0. The maximum Gasteiger partial charge on any atom is 0.243 e. The molecule has 2 rings (SSSR count). The van der Waals surface area contributed by atoms with E-state index in [1.54, 1.807) is 18.2 Å². The quantitative estimate of drug-likeness (QED) is 0.913. The molecule has 4 nitrogen and oxygen atoms in total. The monoisotopic (exact) mass is 289 g/mol. The Morgan fingerprint density at radius 2 is 1.88 bits per heavy atom. The summed E-state index contributed by atoms with van der Waals surface area (Å²) < 4.78 is 5.42. The van der Waals surface area contributed by atoms with E-state index in [0.29, 0.717) is 15.8 Å². The Hall–Kier alpha value is -1.23. The van der Waals surface area contributed by atoms with E-state index in [4.69, 9.17) is 45.3 Å². The molecule has 0 saturated carbocycles. The minimum absolute atomic E-state index is 0.0643. The molecule has 0 saturated heterocycles. The first-order valence-electron chi connectivity index (χ1n) is 4.47. The largest absolute Gasteiger partial charge is 0.436 e. The molecule has 17 heavy (non-hydrogen) atoms. The van der Waals surface area contributed by atoms with Crippen molar-refractivity contribution in [2.45, 2.75) is 0 Å². The number of ether oxygens (including phenoxy) is 1. The van der Waals surface area contributed by atoms with Crippen LogP contribution in [0.3, 0.4) is 0 Å². The van der Waals surface area contributed by atoms with Crippen molar-refractivity contribution in [3.8, 4) is 11.6 Å². The van der Waals surface area contributed by atoms with E-state index in [9.17, 15) is 0 Å². The topological polar surface area (TPSA) is 61.0 Å². The Morgan fingerprint density at radius 3 is 2.59 bits per heavy atom. The lowest BCUT2D eigenvalue weighted by molar-refractivity contribution is 0.463. The number of hydrogen-bond donors (Lipinski definition) is 1. The molecule has 0 aliphatic heterocycles. The standard InChI is InChI=1S/C10H6Cl3N3O/c11-5-1-2-8(6(12)3-5)17-9-7(13)4-15-10(14)16-9/h1-4H,(H2,14,15,16). The third kappa shape index (κ3) is 2.91. The van der Waals surface area contributed by atoms with Gasteiger partial charge in [-0.05, 0) is 18.2 Å². The molecule has 2 aromatic rings. The second-order valence-corrected chi connectivity index (χ2v) is 4.31. The summed E-state index contributed by atoms with van der Waals surface area (Å²) in [7, 11) is 0. The van der Waals surface area contributed by atoms with Crippen molar-refractivity contribution in [2.24, 2.45) is 0 Å². The molecule has 0 amide bonds. The summed E-state index contributed by atoms with van der Waals surface area (Å²) in [6.07, 6.45) is 1.35. The minimum Gasteiger partial charge on any atom is -0.436 e. The average molecular weight is 291 g/mol. The van der Waals surface area contributed by atoms with Crippen molar-refractivity contribution < 1.29 is 4.74 Å². The van der Waals surface area contributed by atoms with Gasteiger partial charge in [0, 0.05) is 5.02 Å². The molecular formula is C10H6Cl3N3O. The second kappa shape index (κ2) is 4.96. The predicted octanol–water partition coefficient (Wildman–Crippen LogP) is 3.81. The van der Waals surface area contributed by atoms with Crippen LogP contribution in [-0.4, -0.2) is 9.97 Å². The van der Waals surface area contributed by atoms with Crippen LogP contribution < -0.4 is 10.5 Å². The zero-order chi connectivity index (χ0) is 12.4. The first-order valence-corrected chi connectivity index (χ1v) is 5.60. The highest BCUT2D eigenvalue weighted by molar-refractivity contribution is 6.35. The third-order valence-corrected chi connectivity index (χ3v) is 2.62. The van der Waals surface area contributed by atoms with E-state index in [1.165, 1.54) is 6.20 Å². The summed E-state index contributed by atoms with van der Waals surface area (Å²) >= 11 is 17.6. The normalized spacial score (nSPS) is 10.3. The number of halogens is 3. The number of nitrogens with zero attached hydrogens (tertiary/aromatic N) is 2. The SMILES string of the molecule is Nc1ncc(Cl)c(Oc2ccc(Cl)cc2Cl)n1. The van der Waals surface area contributed by atoms with Gasteiger partial charge in [0.25, 0.3) is 0 Å². The average Bonchev–Trinajstić information content (AvgIpc) is 2.27. The van der Waals surface area contributed by atoms with Gasteiger partial charge in [0.15, 0.2) is 0 Å². The molecule has 2 N–H and O–H groups in total. The molecule has 0 spiro atoms. The van der Waals surface area contributed by atoms with Crippen LogP contribution >= 0.6 is 34.8 Å². The molecule has 0 unspecified atom stereocenters. The lowest BCUT2D eigenvalue weighted by Crippen LogP contribution is -1.97. The second-order valence-electron chi connectivity index (χ2n) is 3.06. The first kappa shape index (κ1) is 12.2. The summed E-state index contributed by atoms with van der Waals surface area (Å²) in [5.41, 5.74) is 5.43. The molecule has 0 fully saturated rings. The molecule has 1 aromatic carbocycles. The van der Waals surface area contributed by atoms with E-state index in [2.05, 4.69) is 9.97 Å². The number of benzene rings is 1. The Labute approximate surface area is 112 Å². The van der Waals surface area contributed by atoms with Crippen molar-refractivity contribution in [3.05, 3.63) is 39.5 Å². The molecule has 88 valence electrons. The van der Waals surface area contributed by atoms with E-state index in [0.717, 1.165) is 0 Å². The Kier molecular flexibility index (Phi) is 3.57. The van der Waals surface area contributed by atoms with Crippen LogP contribution in [0.5, 0.6) is 11.6 Å². The van der Waals surface area contributed by atoms with Gasteiger partial charge >= 0.3 is 0 Å². The molecule has 0 radical (unpaired) electrons. The van der Waals surface area contributed by atoms with Gasteiger partial charge in [-0.15, -0.1) is 0 Å². The first-order chi connectivity index (χ1) is 8.06. The summed E-state index contributed by atoms with van der Waals surface area (Å²) in [5.74, 6) is 0.592. The van der Waals surface area contributed by atoms with Crippen molar-refractivity contribution in [1.82, 2.24) is 9.97 Å². The van der Waals surface area contributed by atoms with Crippen LogP contribution in [0.25, 0.3) is 0 Å². The van der Waals surface area contributed by atoms with Crippen molar-refractivity contribution in [1.29, 1.82) is 0 Å². The highest BCUT2D eigenvalue weighted by atomic mass is 35.5. The predicted molar refractivity (Wildman–Crippen MR) is 68.0 cm³/mol. The van der Waals surface area contributed by atoms with E-state index < -0.39 is 0 Å². The van der Waals surface area contributed by atoms with Gasteiger partial charge in [-0.3, -0.25) is 0 Å². The number of aromatic nitrogens is 2. The molecule has 0 aliphatic rings. The van der Waals surface area contributed by atoms with Crippen LogP contribution in [-0.2, 0) is 0 Å². The van der Waals surface area contributed by atoms with Crippen molar-refractivity contribution >= 4 is 40.8 Å². The van der Waals surface area contributed by atoms with Crippen molar-refractivity contribution in [3.63, 3.8) is 0 Å². The Balaban J connectivity index is 2.34. The van der Waals surface area contributed by atoms with Crippen LogP contribution in [0.2, 0.25) is 15.1 Å². The van der Waals surface area contributed by atoms with Crippen molar-refractivity contribution in [2.75, 3.05) is 5.73 Å². The smallest absolute Gasteiger partial charge is 0.243 e. The third-order valence-electron chi connectivity index (χ3n) is 1.83. The molecule has 0 aliphatic carbocycles. The van der Waals surface area contributed by atoms with Gasteiger partial charge in [-0.1, -0.05) is 34.8 Å². The number of hydrogen-bond acceptors (Lipinski definition) is 4. The highest BCUT2D eigenvalue weighted by Gasteiger charge is 2.09. The number of nitrogens with two attached hydrogens (primary N) is 1. The Bertz CT molecular complexity index is 562. The van der Waals surface area contributed by atoms with E-state index in [-0.39, 0.29) is 16.9 Å². The van der Waals surface area contributed by atoms with E-state index in [1.807, 2.05) is 0 Å². The van der Waals surface area contributed by atoms with Crippen LogP contribution in [0.15, 0.2) is 24.4 Å². The summed E-state index contributed by atoms with van der Waals surface area (Å²) in [6, 6.07) is 4.80. The van der Waals surface area contributed by atoms with Gasteiger partial charge in [0.2, 0.25) is 11.8 Å². The molecule has 1 aromatic heterocycles. The fourth-order valence-corrected chi connectivity index (χ4v) is 1.67. The zero-order valence-electron chi connectivity index (χ0n) is 8.32. The fourth-order valence-electron chi connectivity index (χ4n) is 1.10. The van der Waals surface area contributed by atoms with Gasteiger partial charge in [-0.25, -0.2) is 4.98 Å². The maximum atomic E-state index is 5.94. The van der Waals surface area contributed by atoms with Crippen LogP contribution in [0, 0.1) is 0 Å². The molecule has 0 atom stereocenters. The van der Waals surface area contributed by atoms with Gasteiger partial charge in [-0.2, -0.15) is 4.98 Å². The Morgan fingerprint density at radius 1 is 1.12 bits per heavy atom. The van der Waals surface area contributed by atoms with Gasteiger partial charge in [0.1, 0.15) is 10.8 Å². The van der Waals surface area contributed by atoms with Crippen LogP contribution in [0.1, 0.15) is 0 Å². The van der Waals surface area contributed by atoms with E-state index >= 15 is 0 Å². The highest BCUT2D eigenvalue weighted by Crippen LogP contribution is 2.33. The van der Waals surface area contributed by atoms with Gasteiger partial charge < -0.3 is 10.5 Å². The number of rotatable bonds is 2.